The summed E-state index contributed by atoms with van der Waals surface area (Å²) in [5.74, 6) is 0. The molecular formula is C11H16ClN. The fourth-order valence-corrected chi connectivity index (χ4v) is 1.61. The van der Waals surface area contributed by atoms with Crippen molar-refractivity contribution >= 4 is 11.6 Å². The van der Waals surface area contributed by atoms with Crippen LogP contribution in [0.4, 0.5) is 0 Å². The zero-order valence-corrected chi connectivity index (χ0v) is 9.15. The van der Waals surface area contributed by atoms with Crippen LogP contribution in [0.25, 0.3) is 0 Å². The summed E-state index contributed by atoms with van der Waals surface area (Å²) in [4.78, 5) is 0. The Morgan fingerprint density at radius 1 is 1.38 bits per heavy atom. The molecule has 0 aliphatic carbocycles. The van der Waals surface area contributed by atoms with Gasteiger partial charge in [0, 0.05) is 10.6 Å². The Bertz CT molecular complexity index is 281. The normalized spacial score (nSPS) is 11.7. The van der Waals surface area contributed by atoms with Crippen LogP contribution in [-0.2, 0) is 5.54 Å². The van der Waals surface area contributed by atoms with E-state index in [9.17, 15) is 0 Å². The molecule has 0 spiro atoms. The summed E-state index contributed by atoms with van der Waals surface area (Å²) in [7, 11) is 0. The van der Waals surface area contributed by atoms with E-state index < -0.39 is 0 Å². The molecule has 0 saturated carbocycles. The molecule has 0 aromatic heterocycles. The molecule has 2 heteroatoms. The van der Waals surface area contributed by atoms with Crippen LogP contribution in [0.2, 0.25) is 5.02 Å². The van der Waals surface area contributed by atoms with E-state index in [4.69, 9.17) is 11.6 Å². The van der Waals surface area contributed by atoms with Crippen LogP contribution in [0.5, 0.6) is 0 Å². The quantitative estimate of drug-likeness (QED) is 0.785. The molecule has 0 aliphatic rings. The smallest absolute Gasteiger partial charge is 0.0409 e. The van der Waals surface area contributed by atoms with Crippen molar-refractivity contribution in [3.05, 3.63) is 34.9 Å². The van der Waals surface area contributed by atoms with Gasteiger partial charge in [0.15, 0.2) is 0 Å². The number of rotatable bonds is 3. The maximum absolute atomic E-state index is 5.92. The minimum Gasteiger partial charge on any atom is -0.308 e. The van der Waals surface area contributed by atoms with Gasteiger partial charge in [-0.3, -0.25) is 0 Å². The maximum atomic E-state index is 5.92. The van der Waals surface area contributed by atoms with Crippen LogP contribution in [-0.4, -0.2) is 6.54 Å². The fraction of sp³-hybridized carbons (Fsp3) is 0.455. The molecule has 0 unspecified atom stereocenters. The predicted octanol–water partition coefficient (Wildman–Crippen LogP) is 3.18. The minimum absolute atomic E-state index is 0.000347. The summed E-state index contributed by atoms with van der Waals surface area (Å²) in [6.45, 7) is 7.37. The van der Waals surface area contributed by atoms with Crippen molar-refractivity contribution in [2.75, 3.05) is 6.54 Å². The maximum Gasteiger partial charge on any atom is 0.0409 e. The summed E-state index contributed by atoms with van der Waals surface area (Å²) in [6.07, 6.45) is 0. The van der Waals surface area contributed by atoms with Crippen molar-refractivity contribution < 1.29 is 0 Å². The van der Waals surface area contributed by atoms with Gasteiger partial charge >= 0.3 is 0 Å². The number of nitrogens with one attached hydrogen (secondary N) is 1. The van der Waals surface area contributed by atoms with Gasteiger partial charge < -0.3 is 5.32 Å². The molecular weight excluding hydrogens is 182 g/mol. The third kappa shape index (κ3) is 2.71. The topological polar surface area (TPSA) is 12.0 Å². The lowest BCUT2D eigenvalue weighted by molar-refractivity contribution is 0.416. The molecule has 0 amide bonds. The lowest BCUT2D eigenvalue weighted by atomic mass is 9.94. The van der Waals surface area contributed by atoms with Gasteiger partial charge in [-0.1, -0.05) is 30.7 Å². The molecule has 1 aromatic rings. The predicted molar refractivity (Wildman–Crippen MR) is 58.2 cm³/mol. The van der Waals surface area contributed by atoms with E-state index in [0.717, 1.165) is 11.6 Å². The zero-order valence-electron chi connectivity index (χ0n) is 8.39. The monoisotopic (exact) mass is 197 g/mol. The van der Waals surface area contributed by atoms with E-state index in [1.54, 1.807) is 0 Å². The SMILES string of the molecule is CCNC(C)(C)c1cccc(Cl)c1. The largest absolute Gasteiger partial charge is 0.308 e. The molecule has 1 nitrogen and oxygen atoms in total. The van der Waals surface area contributed by atoms with E-state index in [0.29, 0.717) is 0 Å². The second kappa shape index (κ2) is 4.12. The Hall–Kier alpha value is -0.530. The first-order chi connectivity index (χ1) is 6.06. The van der Waals surface area contributed by atoms with Crippen molar-refractivity contribution in [2.45, 2.75) is 26.3 Å². The average molecular weight is 198 g/mol. The molecule has 13 heavy (non-hydrogen) atoms. The van der Waals surface area contributed by atoms with Gasteiger partial charge in [-0.15, -0.1) is 0 Å². The molecule has 1 rings (SSSR count). The Morgan fingerprint density at radius 2 is 2.08 bits per heavy atom. The van der Waals surface area contributed by atoms with E-state index in [-0.39, 0.29) is 5.54 Å². The van der Waals surface area contributed by atoms with Gasteiger partial charge in [0.25, 0.3) is 0 Å². The van der Waals surface area contributed by atoms with E-state index in [2.05, 4.69) is 32.2 Å². The standard InChI is InChI=1S/C11H16ClN/c1-4-13-11(2,3)9-6-5-7-10(12)8-9/h5-8,13H,4H2,1-3H3. The highest BCUT2D eigenvalue weighted by atomic mass is 35.5. The van der Waals surface area contributed by atoms with Gasteiger partial charge in [-0.25, -0.2) is 0 Å². The molecule has 72 valence electrons. The highest BCUT2D eigenvalue weighted by molar-refractivity contribution is 6.30. The molecule has 0 radical (unpaired) electrons. The molecule has 1 aromatic carbocycles. The highest BCUT2D eigenvalue weighted by Gasteiger charge is 2.18. The van der Waals surface area contributed by atoms with Crippen LogP contribution in [0, 0.1) is 0 Å². The summed E-state index contributed by atoms with van der Waals surface area (Å²) < 4.78 is 0. The molecule has 0 saturated heterocycles. The van der Waals surface area contributed by atoms with Crippen molar-refractivity contribution in [1.29, 1.82) is 0 Å². The number of hydrogen-bond donors (Lipinski definition) is 1. The molecule has 0 bridgehead atoms. The van der Waals surface area contributed by atoms with Gasteiger partial charge in [0.2, 0.25) is 0 Å². The molecule has 0 heterocycles. The minimum atomic E-state index is -0.000347. The first-order valence-electron chi connectivity index (χ1n) is 4.57. The molecule has 0 fully saturated rings. The van der Waals surface area contributed by atoms with Gasteiger partial charge in [0.1, 0.15) is 0 Å². The Labute approximate surface area is 85.1 Å². The summed E-state index contributed by atoms with van der Waals surface area (Å²) in [5.41, 5.74) is 1.22. The van der Waals surface area contributed by atoms with E-state index in [1.165, 1.54) is 5.56 Å². The van der Waals surface area contributed by atoms with Gasteiger partial charge in [-0.05, 0) is 38.1 Å². The van der Waals surface area contributed by atoms with Crippen molar-refractivity contribution in [2.24, 2.45) is 0 Å². The lowest BCUT2D eigenvalue weighted by Crippen LogP contribution is -2.36. The number of halogens is 1. The molecule has 0 aliphatic heterocycles. The van der Waals surface area contributed by atoms with Crippen LogP contribution < -0.4 is 5.32 Å². The third-order valence-corrected chi connectivity index (χ3v) is 2.40. The van der Waals surface area contributed by atoms with E-state index in [1.807, 2.05) is 18.2 Å². The highest BCUT2D eigenvalue weighted by Crippen LogP contribution is 2.22. The lowest BCUT2D eigenvalue weighted by Gasteiger charge is -2.26. The summed E-state index contributed by atoms with van der Waals surface area (Å²) in [5, 5.41) is 4.20. The van der Waals surface area contributed by atoms with Gasteiger partial charge in [0.05, 0.1) is 0 Å². The fourth-order valence-electron chi connectivity index (χ4n) is 1.42. The van der Waals surface area contributed by atoms with Crippen molar-refractivity contribution in [3.8, 4) is 0 Å². The second-order valence-corrected chi connectivity index (χ2v) is 4.10. The first-order valence-corrected chi connectivity index (χ1v) is 4.95. The Balaban J connectivity index is 2.93. The zero-order chi connectivity index (χ0) is 9.90. The average Bonchev–Trinajstić information content (AvgIpc) is 2.04. The molecule has 0 atom stereocenters. The summed E-state index contributed by atoms with van der Waals surface area (Å²) in [6, 6.07) is 7.97. The van der Waals surface area contributed by atoms with Crippen LogP contribution in [0.15, 0.2) is 24.3 Å². The van der Waals surface area contributed by atoms with Crippen molar-refractivity contribution in [1.82, 2.24) is 5.32 Å². The summed E-state index contributed by atoms with van der Waals surface area (Å²) >= 11 is 5.92. The Morgan fingerprint density at radius 3 is 2.62 bits per heavy atom. The van der Waals surface area contributed by atoms with Gasteiger partial charge in [-0.2, -0.15) is 0 Å². The first kappa shape index (κ1) is 10.6. The molecule has 1 N–H and O–H groups in total. The number of benzene rings is 1. The van der Waals surface area contributed by atoms with Crippen LogP contribution in [0.1, 0.15) is 26.3 Å². The number of hydrogen-bond acceptors (Lipinski definition) is 1. The second-order valence-electron chi connectivity index (χ2n) is 3.67. The van der Waals surface area contributed by atoms with Crippen LogP contribution >= 0.6 is 11.6 Å². The van der Waals surface area contributed by atoms with Crippen LogP contribution in [0.3, 0.4) is 0 Å². The van der Waals surface area contributed by atoms with E-state index >= 15 is 0 Å². The van der Waals surface area contributed by atoms with Crippen molar-refractivity contribution in [3.63, 3.8) is 0 Å². The Kier molecular flexibility index (Phi) is 3.34. The third-order valence-electron chi connectivity index (χ3n) is 2.17.